The minimum absolute atomic E-state index is 0.113. The zero-order valence-electron chi connectivity index (χ0n) is 7.39. The second kappa shape index (κ2) is 3.57. The van der Waals surface area contributed by atoms with Crippen molar-refractivity contribution in [1.29, 1.82) is 0 Å². The van der Waals surface area contributed by atoms with Crippen LogP contribution in [0.15, 0.2) is 24.5 Å². The fraction of sp³-hybridized carbons (Fsp3) is 0.222. The van der Waals surface area contributed by atoms with Gasteiger partial charge in [0, 0.05) is 17.4 Å². The van der Waals surface area contributed by atoms with Crippen LogP contribution in [-0.4, -0.2) is 21.1 Å². The Hall–Kier alpha value is -1.10. The first-order valence-corrected chi connectivity index (χ1v) is 4.59. The molecule has 0 spiro atoms. The molecular weight excluding hydrogens is 202 g/mol. The minimum atomic E-state index is -0.436. The topological polar surface area (TPSA) is 63.5 Å². The van der Waals surface area contributed by atoms with Crippen molar-refractivity contribution in [3.63, 3.8) is 0 Å². The first-order chi connectivity index (χ1) is 6.70. The van der Waals surface area contributed by atoms with Gasteiger partial charge in [0.05, 0.1) is 18.3 Å². The lowest BCUT2D eigenvalue weighted by Gasteiger charge is -2.00. The molecule has 0 radical (unpaired) electrons. The van der Waals surface area contributed by atoms with Crippen molar-refractivity contribution >= 4 is 17.2 Å². The predicted octanol–water partition coefficient (Wildman–Crippen LogP) is 0.980. The Balaban J connectivity index is 2.51. The number of nitrogens with two attached hydrogens (primary N) is 1. The van der Waals surface area contributed by atoms with Crippen molar-refractivity contribution in [3.05, 3.63) is 35.2 Å². The summed E-state index contributed by atoms with van der Waals surface area (Å²) in [4.78, 5) is 4.24. The average molecular weight is 212 g/mol. The number of hydrogen-bond acceptors (Lipinski definition) is 3. The van der Waals surface area contributed by atoms with Crippen LogP contribution in [0.2, 0.25) is 5.02 Å². The molecule has 4 nitrogen and oxygen atoms in total. The molecular formula is C9H10ClN3O. The van der Waals surface area contributed by atoms with Gasteiger partial charge in [0.15, 0.2) is 0 Å². The lowest BCUT2D eigenvalue weighted by molar-refractivity contribution is 0.266. The van der Waals surface area contributed by atoms with Gasteiger partial charge in [0.25, 0.3) is 0 Å². The van der Waals surface area contributed by atoms with Gasteiger partial charge in [0.2, 0.25) is 0 Å². The molecule has 74 valence electrons. The molecule has 0 saturated carbocycles. The zero-order valence-corrected chi connectivity index (χ0v) is 8.15. The third kappa shape index (κ3) is 1.59. The maximum atomic E-state index is 8.87. The van der Waals surface area contributed by atoms with Gasteiger partial charge in [-0.1, -0.05) is 11.6 Å². The molecule has 0 saturated heterocycles. The molecule has 14 heavy (non-hydrogen) atoms. The summed E-state index contributed by atoms with van der Waals surface area (Å²) in [5, 5.41) is 9.50. The second-order valence-corrected chi connectivity index (χ2v) is 3.50. The summed E-state index contributed by atoms with van der Waals surface area (Å²) in [6, 6.07) is 3.08. The van der Waals surface area contributed by atoms with Gasteiger partial charge in [-0.15, -0.1) is 0 Å². The summed E-state index contributed by atoms with van der Waals surface area (Å²) in [6.45, 7) is -0.113. The van der Waals surface area contributed by atoms with Crippen LogP contribution in [0.1, 0.15) is 11.7 Å². The molecule has 0 bridgehead atoms. The van der Waals surface area contributed by atoms with Crippen LogP contribution in [0, 0.1) is 0 Å². The van der Waals surface area contributed by atoms with E-state index in [-0.39, 0.29) is 6.61 Å². The zero-order chi connectivity index (χ0) is 10.1. The average Bonchev–Trinajstić information content (AvgIpc) is 2.59. The molecule has 0 fully saturated rings. The van der Waals surface area contributed by atoms with Gasteiger partial charge >= 0.3 is 0 Å². The molecule has 0 aromatic carbocycles. The lowest BCUT2D eigenvalue weighted by atomic mass is 10.2. The maximum absolute atomic E-state index is 8.87. The normalized spacial score (nSPS) is 13.4. The minimum Gasteiger partial charge on any atom is -0.394 e. The molecule has 5 heteroatoms. The number of hydrogen-bond donors (Lipinski definition) is 2. The smallest absolute Gasteiger partial charge is 0.138 e. The molecule has 1 unspecified atom stereocenters. The van der Waals surface area contributed by atoms with Crippen LogP contribution in [0.4, 0.5) is 0 Å². The van der Waals surface area contributed by atoms with E-state index in [1.807, 2.05) is 4.40 Å². The number of rotatable bonds is 2. The maximum Gasteiger partial charge on any atom is 0.138 e. The Labute approximate surface area is 85.9 Å². The number of halogens is 1. The van der Waals surface area contributed by atoms with Gasteiger partial charge < -0.3 is 15.2 Å². The molecule has 1 atom stereocenters. The molecule has 2 heterocycles. The van der Waals surface area contributed by atoms with E-state index >= 15 is 0 Å². The van der Waals surface area contributed by atoms with E-state index in [9.17, 15) is 0 Å². The third-order valence-corrected chi connectivity index (χ3v) is 2.25. The van der Waals surface area contributed by atoms with Crippen LogP contribution in [0.5, 0.6) is 0 Å². The quantitative estimate of drug-likeness (QED) is 0.779. The lowest BCUT2D eigenvalue weighted by Crippen LogP contribution is -2.14. The number of fused-ring (bicyclic) bond motifs is 1. The standard InChI is InChI=1S/C9H10ClN3O/c10-6-1-2-13-4-8(7(11)5-14)12-9(13)3-6/h1-4,7,14H,5,11H2. The summed E-state index contributed by atoms with van der Waals surface area (Å²) in [7, 11) is 0. The number of imidazole rings is 1. The van der Waals surface area contributed by atoms with Gasteiger partial charge in [-0.05, 0) is 12.1 Å². The molecule has 0 aliphatic heterocycles. The highest BCUT2D eigenvalue weighted by Gasteiger charge is 2.08. The molecule has 0 aliphatic rings. The van der Waals surface area contributed by atoms with Crippen molar-refractivity contribution in [2.24, 2.45) is 5.73 Å². The fourth-order valence-electron chi connectivity index (χ4n) is 1.25. The molecule has 3 N–H and O–H groups in total. The summed E-state index contributed by atoms with van der Waals surface area (Å²) >= 11 is 5.81. The second-order valence-electron chi connectivity index (χ2n) is 3.07. The van der Waals surface area contributed by atoms with Crippen molar-refractivity contribution in [1.82, 2.24) is 9.38 Å². The molecule has 2 rings (SSSR count). The highest BCUT2D eigenvalue weighted by molar-refractivity contribution is 6.30. The fourth-order valence-corrected chi connectivity index (χ4v) is 1.40. The van der Waals surface area contributed by atoms with E-state index < -0.39 is 6.04 Å². The molecule has 0 amide bonds. The Kier molecular flexibility index (Phi) is 2.41. The van der Waals surface area contributed by atoms with Crippen LogP contribution in [0.25, 0.3) is 5.65 Å². The van der Waals surface area contributed by atoms with E-state index in [2.05, 4.69) is 4.98 Å². The first kappa shape index (κ1) is 9.45. The number of nitrogens with zero attached hydrogens (tertiary/aromatic N) is 2. The highest BCUT2D eigenvalue weighted by Crippen LogP contribution is 2.15. The van der Waals surface area contributed by atoms with Crippen LogP contribution < -0.4 is 5.73 Å². The Morgan fingerprint density at radius 2 is 2.43 bits per heavy atom. The van der Waals surface area contributed by atoms with Crippen molar-refractivity contribution in [2.75, 3.05) is 6.61 Å². The van der Waals surface area contributed by atoms with Gasteiger partial charge in [-0.25, -0.2) is 4.98 Å². The number of aromatic nitrogens is 2. The highest BCUT2D eigenvalue weighted by atomic mass is 35.5. The van der Waals surface area contributed by atoms with E-state index in [1.54, 1.807) is 24.5 Å². The molecule has 2 aromatic rings. The number of aliphatic hydroxyl groups excluding tert-OH is 1. The first-order valence-electron chi connectivity index (χ1n) is 4.21. The van der Waals surface area contributed by atoms with Gasteiger partial charge in [-0.2, -0.15) is 0 Å². The summed E-state index contributed by atoms with van der Waals surface area (Å²) in [5.41, 5.74) is 7.03. The molecule has 2 aromatic heterocycles. The van der Waals surface area contributed by atoms with Crippen molar-refractivity contribution < 1.29 is 5.11 Å². The van der Waals surface area contributed by atoms with E-state index in [0.717, 1.165) is 5.65 Å². The number of pyridine rings is 1. The van der Waals surface area contributed by atoms with Crippen LogP contribution in [-0.2, 0) is 0 Å². The Morgan fingerprint density at radius 1 is 1.64 bits per heavy atom. The summed E-state index contributed by atoms with van der Waals surface area (Å²) in [6.07, 6.45) is 3.59. The third-order valence-electron chi connectivity index (χ3n) is 2.02. The van der Waals surface area contributed by atoms with Gasteiger partial charge in [0.1, 0.15) is 5.65 Å². The van der Waals surface area contributed by atoms with Crippen LogP contribution in [0.3, 0.4) is 0 Å². The molecule has 0 aliphatic carbocycles. The van der Waals surface area contributed by atoms with E-state index in [4.69, 9.17) is 22.4 Å². The van der Waals surface area contributed by atoms with E-state index in [1.165, 1.54) is 0 Å². The van der Waals surface area contributed by atoms with Crippen molar-refractivity contribution in [2.45, 2.75) is 6.04 Å². The Morgan fingerprint density at radius 3 is 3.14 bits per heavy atom. The predicted molar refractivity (Wildman–Crippen MR) is 54.2 cm³/mol. The SMILES string of the molecule is NC(CO)c1cn2ccc(Cl)cc2n1. The summed E-state index contributed by atoms with van der Waals surface area (Å²) < 4.78 is 1.82. The number of aliphatic hydroxyl groups is 1. The van der Waals surface area contributed by atoms with Crippen molar-refractivity contribution in [3.8, 4) is 0 Å². The van der Waals surface area contributed by atoms with Gasteiger partial charge in [-0.3, -0.25) is 0 Å². The Bertz CT molecular complexity index is 454. The van der Waals surface area contributed by atoms with E-state index in [0.29, 0.717) is 10.7 Å². The largest absolute Gasteiger partial charge is 0.394 e. The monoisotopic (exact) mass is 211 g/mol. The summed E-state index contributed by atoms with van der Waals surface area (Å²) in [5.74, 6) is 0. The van der Waals surface area contributed by atoms with Crippen LogP contribution >= 0.6 is 11.6 Å².